The van der Waals surface area contributed by atoms with Crippen LogP contribution in [-0.2, 0) is 4.79 Å². The van der Waals surface area contributed by atoms with E-state index in [1.807, 2.05) is 14.1 Å². The third-order valence-corrected chi connectivity index (χ3v) is 4.73. The molecule has 1 amide bonds. The Bertz CT molecular complexity index is 340. The molecule has 110 valence electrons. The zero-order valence-corrected chi connectivity index (χ0v) is 13.1. The van der Waals surface area contributed by atoms with Crippen LogP contribution < -0.4 is 5.32 Å². The van der Waals surface area contributed by atoms with Crippen molar-refractivity contribution < 1.29 is 4.79 Å². The fraction of sp³-hybridized carbons (Fsp3) is 0.933. The van der Waals surface area contributed by atoms with Crippen LogP contribution in [0.15, 0.2) is 0 Å². The van der Waals surface area contributed by atoms with Crippen LogP contribution in [0.5, 0.6) is 0 Å². The van der Waals surface area contributed by atoms with Crippen molar-refractivity contribution in [2.45, 2.75) is 45.7 Å². The molecule has 0 radical (unpaired) electrons. The van der Waals surface area contributed by atoms with Crippen LogP contribution in [0.3, 0.4) is 0 Å². The highest BCUT2D eigenvalue weighted by Crippen LogP contribution is 2.43. The van der Waals surface area contributed by atoms with Crippen LogP contribution in [0.4, 0.5) is 0 Å². The second kappa shape index (κ2) is 5.41. The van der Waals surface area contributed by atoms with Gasteiger partial charge < -0.3 is 10.2 Å². The molecule has 1 heterocycles. The maximum absolute atomic E-state index is 12.4. The summed E-state index contributed by atoms with van der Waals surface area (Å²) in [5.41, 5.74) is 0.417. The minimum Gasteiger partial charge on any atom is -0.347 e. The first-order valence-corrected chi connectivity index (χ1v) is 7.49. The Morgan fingerprint density at radius 1 is 1.32 bits per heavy atom. The van der Waals surface area contributed by atoms with Gasteiger partial charge in [0.1, 0.15) is 6.04 Å². The second-order valence-electron chi connectivity index (χ2n) is 7.31. The van der Waals surface area contributed by atoms with E-state index in [9.17, 15) is 4.79 Å². The molecule has 0 aromatic rings. The van der Waals surface area contributed by atoms with Crippen molar-refractivity contribution >= 4 is 5.91 Å². The summed E-state index contributed by atoms with van der Waals surface area (Å²) < 4.78 is 0. The van der Waals surface area contributed by atoms with Gasteiger partial charge in [-0.3, -0.25) is 9.69 Å². The summed E-state index contributed by atoms with van der Waals surface area (Å²) in [5, 5.41) is 3.37. The molecular formula is C15H29N3O. The highest BCUT2D eigenvalue weighted by Gasteiger charge is 2.44. The summed E-state index contributed by atoms with van der Waals surface area (Å²) >= 11 is 0. The van der Waals surface area contributed by atoms with Gasteiger partial charge in [-0.25, -0.2) is 0 Å². The lowest BCUT2D eigenvalue weighted by atomic mass is 9.91. The molecule has 3 atom stereocenters. The largest absolute Gasteiger partial charge is 0.347 e. The average Bonchev–Trinajstić information content (AvgIpc) is 2.61. The number of hydrogen-bond acceptors (Lipinski definition) is 3. The lowest BCUT2D eigenvalue weighted by Crippen LogP contribution is -2.61. The molecule has 0 aromatic carbocycles. The summed E-state index contributed by atoms with van der Waals surface area (Å²) in [6, 6.07) is 0.580. The Morgan fingerprint density at radius 3 is 2.53 bits per heavy atom. The lowest BCUT2D eigenvalue weighted by molar-refractivity contribution is -0.136. The number of hydrogen-bond donors (Lipinski definition) is 1. The highest BCUT2D eigenvalue weighted by molar-refractivity contribution is 5.81. The quantitative estimate of drug-likeness (QED) is 0.816. The summed E-state index contributed by atoms with van der Waals surface area (Å²) in [6.45, 7) is 9.85. The second-order valence-corrected chi connectivity index (χ2v) is 7.31. The Labute approximate surface area is 117 Å². The molecule has 0 spiro atoms. The standard InChI is InChI=1S/C15H29N3O/c1-11-8-15(2,3)9-12(11)18-7-6-16-10-13(18)14(19)17(4)5/h11-13,16H,6-10H2,1-5H3. The van der Waals surface area contributed by atoms with Gasteiger partial charge in [-0.15, -0.1) is 0 Å². The SMILES string of the molecule is CC1CC(C)(C)CC1N1CCNCC1C(=O)N(C)C. The third-order valence-electron chi connectivity index (χ3n) is 4.73. The average molecular weight is 267 g/mol. The molecule has 1 aliphatic carbocycles. The van der Waals surface area contributed by atoms with Crippen molar-refractivity contribution in [3.8, 4) is 0 Å². The van der Waals surface area contributed by atoms with Gasteiger partial charge in [-0.05, 0) is 24.2 Å². The van der Waals surface area contributed by atoms with Crippen LogP contribution in [0, 0.1) is 11.3 Å². The summed E-state index contributed by atoms with van der Waals surface area (Å²) in [5.74, 6) is 0.926. The summed E-state index contributed by atoms with van der Waals surface area (Å²) in [4.78, 5) is 16.6. The lowest BCUT2D eigenvalue weighted by Gasteiger charge is -2.42. The minimum absolute atomic E-state index is 0.0186. The number of likely N-dealkylation sites (N-methyl/N-ethyl adjacent to an activating group) is 1. The van der Waals surface area contributed by atoms with Gasteiger partial charge >= 0.3 is 0 Å². The van der Waals surface area contributed by atoms with Crippen LogP contribution >= 0.6 is 0 Å². The Morgan fingerprint density at radius 2 is 2.00 bits per heavy atom. The van der Waals surface area contributed by atoms with E-state index in [1.54, 1.807) is 4.90 Å². The van der Waals surface area contributed by atoms with E-state index in [0.29, 0.717) is 17.4 Å². The van der Waals surface area contributed by atoms with Gasteiger partial charge in [0.15, 0.2) is 0 Å². The van der Waals surface area contributed by atoms with Crippen LogP contribution in [0.2, 0.25) is 0 Å². The minimum atomic E-state index is 0.0186. The number of carbonyl (C=O) groups excluding carboxylic acids is 1. The van der Waals surface area contributed by atoms with Crippen molar-refractivity contribution in [2.24, 2.45) is 11.3 Å². The Balaban J connectivity index is 2.14. The first kappa shape index (κ1) is 14.8. The van der Waals surface area contributed by atoms with Gasteiger partial charge in [-0.1, -0.05) is 20.8 Å². The molecule has 2 aliphatic rings. The smallest absolute Gasteiger partial charge is 0.240 e. The first-order valence-electron chi connectivity index (χ1n) is 7.49. The molecule has 3 unspecified atom stereocenters. The fourth-order valence-corrected chi connectivity index (χ4v) is 3.95. The molecule has 0 bridgehead atoms. The van der Waals surface area contributed by atoms with E-state index in [2.05, 4.69) is 31.0 Å². The molecule has 19 heavy (non-hydrogen) atoms. The van der Waals surface area contributed by atoms with Crippen molar-refractivity contribution in [1.82, 2.24) is 15.1 Å². The van der Waals surface area contributed by atoms with E-state index in [4.69, 9.17) is 0 Å². The number of nitrogens with one attached hydrogen (secondary N) is 1. The molecule has 1 N–H and O–H groups in total. The molecule has 2 rings (SSSR count). The van der Waals surface area contributed by atoms with Gasteiger partial charge in [0.25, 0.3) is 0 Å². The number of piperazine rings is 1. The number of amides is 1. The monoisotopic (exact) mass is 267 g/mol. The topological polar surface area (TPSA) is 35.6 Å². The van der Waals surface area contributed by atoms with E-state index >= 15 is 0 Å². The van der Waals surface area contributed by atoms with E-state index in [1.165, 1.54) is 12.8 Å². The maximum atomic E-state index is 12.4. The van der Waals surface area contributed by atoms with Crippen molar-refractivity contribution in [3.63, 3.8) is 0 Å². The number of carbonyl (C=O) groups is 1. The number of nitrogens with zero attached hydrogens (tertiary/aromatic N) is 2. The van der Waals surface area contributed by atoms with Gasteiger partial charge in [-0.2, -0.15) is 0 Å². The predicted molar refractivity (Wildman–Crippen MR) is 78.0 cm³/mol. The van der Waals surface area contributed by atoms with E-state index < -0.39 is 0 Å². The first-order chi connectivity index (χ1) is 8.82. The highest BCUT2D eigenvalue weighted by atomic mass is 16.2. The van der Waals surface area contributed by atoms with Gasteiger partial charge in [0, 0.05) is 39.8 Å². The molecule has 4 nitrogen and oxygen atoms in total. The van der Waals surface area contributed by atoms with E-state index in [0.717, 1.165) is 19.6 Å². The Kier molecular flexibility index (Phi) is 4.21. The van der Waals surface area contributed by atoms with Crippen LogP contribution in [0.25, 0.3) is 0 Å². The molecule has 0 aromatic heterocycles. The van der Waals surface area contributed by atoms with E-state index in [-0.39, 0.29) is 11.9 Å². The maximum Gasteiger partial charge on any atom is 0.240 e. The summed E-state index contributed by atoms with van der Waals surface area (Å²) in [6.07, 6.45) is 2.48. The molecule has 1 aliphatic heterocycles. The molecule has 1 saturated carbocycles. The van der Waals surface area contributed by atoms with Crippen LogP contribution in [-0.4, -0.2) is 61.5 Å². The molecule has 4 heteroatoms. The molecular weight excluding hydrogens is 238 g/mol. The fourth-order valence-electron chi connectivity index (χ4n) is 3.95. The predicted octanol–water partition coefficient (Wildman–Crippen LogP) is 1.17. The molecule has 2 fully saturated rings. The van der Waals surface area contributed by atoms with Crippen molar-refractivity contribution in [2.75, 3.05) is 33.7 Å². The van der Waals surface area contributed by atoms with Crippen LogP contribution in [0.1, 0.15) is 33.6 Å². The number of rotatable bonds is 2. The van der Waals surface area contributed by atoms with Gasteiger partial charge in [0.05, 0.1) is 0 Å². The Hall–Kier alpha value is -0.610. The zero-order chi connectivity index (χ0) is 14.2. The van der Waals surface area contributed by atoms with Crippen molar-refractivity contribution in [1.29, 1.82) is 0 Å². The van der Waals surface area contributed by atoms with Crippen molar-refractivity contribution in [3.05, 3.63) is 0 Å². The summed E-state index contributed by atoms with van der Waals surface area (Å²) in [7, 11) is 3.72. The normalized spacial score (nSPS) is 35.3. The van der Waals surface area contributed by atoms with Gasteiger partial charge in [0.2, 0.25) is 5.91 Å². The third kappa shape index (κ3) is 3.11. The zero-order valence-electron chi connectivity index (χ0n) is 13.1. The molecule has 1 saturated heterocycles.